The molecule has 2 aromatic rings. The first-order chi connectivity index (χ1) is 13.5. The van der Waals surface area contributed by atoms with Gasteiger partial charge in [-0.3, -0.25) is 4.79 Å². The fourth-order valence-corrected chi connectivity index (χ4v) is 2.82. The van der Waals surface area contributed by atoms with E-state index in [2.05, 4.69) is 15.6 Å². The van der Waals surface area contributed by atoms with Crippen LogP contribution in [-0.2, 0) is 9.53 Å². The number of benzene rings is 2. The lowest BCUT2D eigenvalue weighted by molar-refractivity contribution is -0.137. The van der Waals surface area contributed by atoms with Gasteiger partial charge in [-0.25, -0.2) is 14.2 Å². The summed E-state index contributed by atoms with van der Waals surface area (Å²) in [6.07, 6.45) is 0.469. The van der Waals surface area contributed by atoms with E-state index in [0.717, 1.165) is 0 Å². The molecule has 0 atom stereocenters. The van der Waals surface area contributed by atoms with Gasteiger partial charge in [-0.15, -0.1) is 0 Å². The minimum Gasteiger partial charge on any atom is -0.462 e. The van der Waals surface area contributed by atoms with Crippen LogP contribution in [0.1, 0.15) is 30.6 Å². The molecule has 0 aliphatic carbocycles. The van der Waals surface area contributed by atoms with E-state index in [9.17, 15) is 14.0 Å². The average molecular weight is 381 g/mol. The molecule has 144 valence electrons. The predicted molar refractivity (Wildman–Crippen MR) is 105 cm³/mol. The summed E-state index contributed by atoms with van der Waals surface area (Å²) in [5, 5.41) is 5.77. The van der Waals surface area contributed by atoms with Crippen LogP contribution in [0.2, 0.25) is 0 Å². The number of hydrogen-bond acceptors (Lipinski definition) is 5. The lowest BCUT2D eigenvalue weighted by Crippen LogP contribution is -2.36. The number of hydrogen-bond donors (Lipinski definition) is 2. The van der Waals surface area contributed by atoms with E-state index in [1.54, 1.807) is 25.1 Å². The Bertz CT molecular complexity index is 982. The van der Waals surface area contributed by atoms with Crippen LogP contribution in [0.25, 0.3) is 0 Å². The maximum absolute atomic E-state index is 14.0. The summed E-state index contributed by atoms with van der Waals surface area (Å²) in [5.74, 6) is -1.97. The number of nitrogens with zero attached hydrogens (tertiary/aromatic N) is 1. The predicted octanol–water partition coefficient (Wildman–Crippen LogP) is 3.94. The topological polar surface area (TPSA) is 79.8 Å². The summed E-state index contributed by atoms with van der Waals surface area (Å²) in [4.78, 5) is 29.8. The third kappa shape index (κ3) is 3.93. The van der Waals surface area contributed by atoms with Crippen molar-refractivity contribution in [2.75, 3.05) is 11.9 Å². The number of halogens is 1. The maximum Gasteiger partial charge on any atom is 0.343 e. The van der Waals surface area contributed by atoms with Crippen molar-refractivity contribution in [1.29, 1.82) is 0 Å². The molecule has 7 heteroatoms. The normalized spacial score (nSPS) is 13.0. The number of fused-ring (bicyclic) bond motifs is 1. The Balaban J connectivity index is 2.09. The Morgan fingerprint density at radius 1 is 1.11 bits per heavy atom. The van der Waals surface area contributed by atoms with Gasteiger partial charge in [-0.2, -0.15) is 0 Å². The van der Waals surface area contributed by atoms with Gasteiger partial charge in [0.15, 0.2) is 0 Å². The number of carbonyl (C=O) groups excluding carboxylic acids is 2. The zero-order valence-electron chi connectivity index (χ0n) is 15.6. The summed E-state index contributed by atoms with van der Waals surface area (Å²) < 4.78 is 19.2. The summed E-state index contributed by atoms with van der Waals surface area (Å²) in [7, 11) is 0. The van der Waals surface area contributed by atoms with Crippen LogP contribution in [-0.4, -0.2) is 24.3 Å². The molecule has 0 aromatic heterocycles. The maximum atomic E-state index is 14.0. The number of carbonyl (C=O) groups is 2. The molecule has 1 aliphatic rings. The molecule has 0 bridgehead atoms. The van der Waals surface area contributed by atoms with Crippen LogP contribution in [0, 0.1) is 5.82 Å². The second-order valence-electron chi connectivity index (χ2n) is 5.96. The van der Waals surface area contributed by atoms with Crippen LogP contribution in [0.5, 0.6) is 0 Å². The number of para-hydroxylation sites is 2. The van der Waals surface area contributed by atoms with Gasteiger partial charge >= 0.3 is 5.97 Å². The molecule has 0 saturated carbocycles. The van der Waals surface area contributed by atoms with E-state index in [-0.39, 0.29) is 23.6 Å². The first kappa shape index (κ1) is 19.3. The second-order valence-corrected chi connectivity index (χ2v) is 5.96. The van der Waals surface area contributed by atoms with E-state index in [4.69, 9.17) is 4.74 Å². The Morgan fingerprint density at radius 3 is 2.54 bits per heavy atom. The zero-order valence-corrected chi connectivity index (χ0v) is 15.6. The highest BCUT2D eigenvalue weighted by molar-refractivity contribution is 6.25. The lowest BCUT2D eigenvalue weighted by Gasteiger charge is -2.15. The van der Waals surface area contributed by atoms with Crippen molar-refractivity contribution in [1.82, 2.24) is 5.32 Å². The van der Waals surface area contributed by atoms with E-state index >= 15 is 0 Å². The lowest BCUT2D eigenvalue weighted by atomic mass is 10.1. The number of allylic oxidation sites excluding steroid dienone is 1. The van der Waals surface area contributed by atoms with Crippen LogP contribution in [0.4, 0.5) is 15.8 Å². The third-order valence-corrected chi connectivity index (χ3v) is 4.14. The highest BCUT2D eigenvalue weighted by atomic mass is 19.1. The average Bonchev–Trinajstić information content (AvgIpc) is 2.84. The number of amidine groups is 1. The molecule has 1 heterocycles. The SMILES string of the molecule is CCOC(=O)C1=C(CC)Nc2ccccc2N=C1NC(=O)c1ccccc1F. The monoisotopic (exact) mass is 381 g/mol. The molecule has 2 N–H and O–H groups in total. The number of rotatable bonds is 4. The number of anilines is 1. The molecular weight excluding hydrogens is 361 g/mol. The van der Waals surface area contributed by atoms with Crippen LogP contribution in [0.3, 0.4) is 0 Å². The van der Waals surface area contributed by atoms with Gasteiger partial charge in [0.05, 0.1) is 23.5 Å². The summed E-state index contributed by atoms with van der Waals surface area (Å²) in [5.41, 5.74) is 1.76. The molecule has 3 rings (SSSR count). The van der Waals surface area contributed by atoms with Crippen molar-refractivity contribution in [3.63, 3.8) is 0 Å². The van der Waals surface area contributed by atoms with Crippen molar-refractivity contribution in [3.05, 3.63) is 71.2 Å². The smallest absolute Gasteiger partial charge is 0.343 e. The zero-order chi connectivity index (χ0) is 20.1. The fourth-order valence-electron chi connectivity index (χ4n) is 2.82. The third-order valence-electron chi connectivity index (χ3n) is 4.14. The van der Waals surface area contributed by atoms with Crippen molar-refractivity contribution >= 4 is 29.1 Å². The minimum absolute atomic E-state index is 0.0148. The van der Waals surface area contributed by atoms with E-state index in [1.165, 1.54) is 18.2 Å². The van der Waals surface area contributed by atoms with Gasteiger partial charge in [0.1, 0.15) is 17.2 Å². The van der Waals surface area contributed by atoms with E-state index in [1.807, 2.05) is 19.1 Å². The summed E-state index contributed by atoms with van der Waals surface area (Å²) >= 11 is 0. The van der Waals surface area contributed by atoms with Crippen LogP contribution in [0.15, 0.2) is 64.8 Å². The first-order valence-electron chi connectivity index (χ1n) is 8.96. The van der Waals surface area contributed by atoms with Crippen molar-refractivity contribution in [2.45, 2.75) is 20.3 Å². The van der Waals surface area contributed by atoms with Crippen molar-refractivity contribution in [3.8, 4) is 0 Å². The van der Waals surface area contributed by atoms with Crippen LogP contribution < -0.4 is 10.6 Å². The Hall–Kier alpha value is -3.48. The number of amides is 1. The number of aliphatic imine (C=N–C) groups is 1. The van der Waals surface area contributed by atoms with E-state index in [0.29, 0.717) is 23.5 Å². The molecule has 1 aliphatic heterocycles. The quantitative estimate of drug-likeness (QED) is 0.787. The van der Waals surface area contributed by atoms with Gasteiger partial charge < -0.3 is 15.4 Å². The first-order valence-corrected chi connectivity index (χ1v) is 8.96. The second kappa shape index (κ2) is 8.47. The van der Waals surface area contributed by atoms with E-state index < -0.39 is 17.7 Å². The molecule has 1 amide bonds. The highest BCUT2D eigenvalue weighted by Gasteiger charge is 2.27. The summed E-state index contributed by atoms with van der Waals surface area (Å²) in [6, 6.07) is 12.8. The fraction of sp³-hybridized carbons (Fsp3) is 0.190. The summed E-state index contributed by atoms with van der Waals surface area (Å²) in [6.45, 7) is 3.73. The molecular formula is C21H20FN3O3. The van der Waals surface area contributed by atoms with Crippen molar-refractivity contribution in [2.24, 2.45) is 4.99 Å². The number of ether oxygens (including phenoxy) is 1. The molecule has 0 unspecified atom stereocenters. The van der Waals surface area contributed by atoms with Gasteiger partial charge in [-0.05, 0) is 37.6 Å². The molecule has 28 heavy (non-hydrogen) atoms. The largest absolute Gasteiger partial charge is 0.462 e. The highest BCUT2D eigenvalue weighted by Crippen LogP contribution is 2.31. The molecule has 6 nitrogen and oxygen atoms in total. The molecule has 0 radical (unpaired) electrons. The number of nitrogens with one attached hydrogen (secondary N) is 2. The van der Waals surface area contributed by atoms with Gasteiger partial charge in [0, 0.05) is 5.70 Å². The Kier molecular flexibility index (Phi) is 5.84. The number of esters is 1. The van der Waals surface area contributed by atoms with Crippen LogP contribution >= 0.6 is 0 Å². The standard InChI is InChI=1S/C21H20FN3O3/c1-3-15-18(21(27)28-4-2)19(24-17-12-8-7-11-16(17)23-15)25-20(26)13-9-5-6-10-14(13)22/h5-12,23H,3-4H2,1-2H3,(H,24,25,26). The molecule has 0 fully saturated rings. The molecule has 0 spiro atoms. The van der Waals surface area contributed by atoms with Gasteiger partial charge in [0.25, 0.3) is 5.91 Å². The molecule has 2 aromatic carbocycles. The van der Waals surface area contributed by atoms with Crippen molar-refractivity contribution < 1.29 is 18.7 Å². The van der Waals surface area contributed by atoms with Gasteiger partial charge in [0.2, 0.25) is 0 Å². The molecule has 0 saturated heterocycles. The van der Waals surface area contributed by atoms with Gasteiger partial charge in [-0.1, -0.05) is 31.2 Å². The Labute approximate surface area is 162 Å². The minimum atomic E-state index is -0.700. The Morgan fingerprint density at radius 2 is 1.82 bits per heavy atom.